The second kappa shape index (κ2) is 9.70. The van der Waals surface area contributed by atoms with Gasteiger partial charge in [0.05, 0.1) is 37.2 Å². The summed E-state index contributed by atoms with van der Waals surface area (Å²) in [5, 5.41) is 8.78. The zero-order valence-corrected chi connectivity index (χ0v) is 17.8. The van der Waals surface area contributed by atoms with Crippen molar-refractivity contribution in [3.8, 4) is 22.8 Å². The van der Waals surface area contributed by atoms with Crippen molar-refractivity contribution < 1.29 is 18.8 Å². The highest BCUT2D eigenvalue weighted by atomic mass is 16.5. The van der Waals surface area contributed by atoms with E-state index in [9.17, 15) is 4.79 Å². The van der Waals surface area contributed by atoms with Crippen LogP contribution in [0, 0.1) is 0 Å². The summed E-state index contributed by atoms with van der Waals surface area (Å²) in [5.74, 6) is 0.526. The molecule has 1 fully saturated rings. The summed E-state index contributed by atoms with van der Waals surface area (Å²) in [6.45, 7) is 0.435. The van der Waals surface area contributed by atoms with E-state index in [-0.39, 0.29) is 0 Å². The molecule has 0 N–H and O–H groups in total. The number of aromatic nitrogens is 4. The van der Waals surface area contributed by atoms with Gasteiger partial charge in [0.1, 0.15) is 0 Å². The van der Waals surface area contributed by atoms with Crippen LogP contribution in [0.15, 0.2) is 41.1 Å². The Hall–Kier alpha value is -3.26. The van der Waals surface area contributed by atoms with Crippen molar-refractivity contribution in [1.29, 1.82) is 0 Å². The summed E-state index contributed by atoms with van der Waals surface area (Å²) in [6, 6.07) is 7.91. The lowest BCUT2D eigenvalue weighted by Gasteiger charge is -2.24. The lowest BCUT2D eigenvalue weighted by Crippen LogP contribution is -2.17. The van der Waals surface area contributed by atoms with E-state index in [1.807, 2.05) is 24.3 Å². The van der Waals surface area contributed by atoms with E-state index < -0.39 is 5.97 Å². The molecule has 0 bridgehead atoms. The first-order chi connectivity index (χ1) is 15.2. The third-order valence-electron chi connectivity index (χ3n) is 5.54. The maximum Gasteiger partial charge on any atom is 0.330 e. The highest BCUT2D eigenvalue weighted by Gasteiger charge is 2.24. The zero-order chi connectivity index (χ0) is 21.6. The van der Waals surface area contributed by atoms with Crippen LogP contribution in [0.4, 0.5) is 0 Å². The van der Waals surface area contributed by atoms with Gasteiger partial charge in [-0.15, -0.1) is 0 Å². The maximum atomic E-state index is 11.2. The number of carbonyl (C=O) groups excluding carboxylic acids is 1. The van der Waals surface area contributed by atoms with E-state index in [0.29, 0.717) is 24.4 Å². The predicted molar refractivity (Wildman–Crippen MR) is 115 cm³/mol. The van der Waals surface area contributed by atoms with Gasteiger partial charge in [0, 0.05) is 18.7 Å². The quantitative estimate of drug-likeness (QED) is 0.410. The third-order valence-corrected chi connectivity index (χ3v) is 5.54. The molecular formula is C23H26N4O4. The molecule has 0 aliphatic heterocycles. The molecule has 0 saturated heterocycles. The average Bonchev–Trinajstić information content (AvgIpc) is 3.46. The van der Waals surface area contributed by atoms with Crippen LogP contribution in [0.3, 0.4) is 0 Å². The average molecular weight is 422 g/mol. The second-order valence-electron chi connectivity index (χ2n) is 7.58. The molecule has 1 aliphatic carbocycles. The molecule has 0 unspecified atom stereocenters. The minimum Gasteiger partial charge on any atom is -0.466 e. The van der Waals surface area contributed by atoms with Crippen molar-refractivity contribution in [2.24, 2.45) is 0 Å². The van der Waals surface area contributed by atoms with E-state index >= 15 is 0 Å². The summed E-state index contributed by atoms with van der Waals surface area (Å²) in [7, 11) is 3.03. The smallest absolute Gasteiger partial charge is 0.330 e. The Morgan fingerprint density at radius 1 is 1.19 bits per heavy atom. The van der Waals surface area contributed by atoms with Crippen molar-refractivity contribution >= 4 is 12.0 Å². The molecule has 1 aliphatic rings. The highest BCUT2D eigenvalue weighted by Crippen LogP contribution is 2.33. The van der Waals surface area contributed by atoms with Gasteiger partial charge in [-0.2, -0.15) is 10.1 Å². The summed E-state index contributed by atoms with van der Waals surface area (Å²) in [6.07, 6.45) is 10.9. The Morgan fingerprint density at radius 2 is 1.97 bits per heavy atom. The topological polar surface area (TPSA) is 92.3 Å². The molecule has 0 spiro atoms. The predicted octanol–water partition coefficient (Wildman–Crippen LogP) is 4.44. The maximum absolute atomic E-state index is 11.2. The van der Waals surface area contributed by atoms with Crippen LogP contribution in [0.5, 0.6) is 0 Å². The molecule has 3 aromatic rings. The number of esters is 1. The van der Waals surface area contributed by atoms with Gasteiger partial charge in [-0.1, -0.05) is 48.7 Å². The van der Waals surface area contributed by atoms with Crippen LogP contribution in [-0.2, 0) is 20.9 Å². The van der Waals surface area contributed by atoms with Crippen molar-refractivity contribution in [2.45, 2.75) is 44.8 Å². The van der Waals surface area contributed by atoms with Gasteiger partial charge in [-0.25, -0.2) is 4.79 Å². The van der Waals surface area contributed by atoms with Crippen LogP contribution < -0.4 is 0 Å². The van der Waals surface area contributed by atoms with Gasteiger partial charge in [0.2, 0.25) is 5.82 Å². The fraction of sp³-hybridized carbons (Fsp3) is 0.391. The van der Waals surface area contributed by atoms with Crippen molar-refractivity contribution in [1.82, 2.24) is 19.9 Å². The van der Waals surface area contributed by atoms with Gasteiger partial charge in [0.25, 0.3) is 5.89 Å². The molecule has 4 rings (SSSR count). The Kier molecular flexibility index (Phi) is 6.57. The zero-order valence-electron chi connectivity index (χ0n) is 17.8. The standard InChI is InChI=1S/C23H26N4O4/c1-29-15-20-19(14-24-27(20)18-6-4-3-5-7-18)23-25-22(26-31-23)17-11-8-16(9-12-17)10-13-21(28)30-2/h8-14,18H,3-7,15H2,1-2H3/b13-10+. The van der Waals surface area contributed by atoms with Gasteiger partial charge in [-0.3, -0.25) is 4.68 Å². The Morgan fingerprint density at radius 3 is 2.68 bits per heavy atom. The molecule has 1 saturated carbocycles. The Bertz CT molecular complexity index is 1050. The molecule has 162 valence electrons. The SMILES string of the molecule is COCc1c(-c2nc(-c3ccc(/C=C/C(=O)OC)cc3)no2)cnn1C1CCCCC1. The van der Waals surface area contributed by atoms with Crippen LogP contribution in [-0.4, -0.2) is 40.1 Å². The van der Waals surface area contributed by atoms with Crippen LogP contribution >= 0.6 is 0 Å². The lowest BCUT2D eigenvalue weighted by atomic mass is 9.95. The van der Waals surface area contributed by atoms with Crippen LogP contribution in [0.25, 0.3) is 28.9 Å². The summed E-state index contributed by atoms with van der Waals surface area (Å²) in [5.41, 5.74) is 3.46. The first kappa shape index (κ1) is 21.0. The lowest BCUT2D eigenvalue weighted by molar-refractivity contribution is -0.134. The van der Waals surface area contributed by atoms with Gasteiger partial charge >= 0.3 is 5.97 Å². The Labute approximate surface area is 180 Å². The molecule has 0 atom stereocenters. The molecular weight excluding hydrogens is 396 g/mol. The number of hydrogen-bond donors (Lipinski definition) is 0. The van der Waals surface area contributed by atoms with E-state index in [1.54, 1.807) is 19.4 Å². The molecule has 0 amide bonds. The molecule has 31 heavy (non-hydrogen) atoms. The number of carbonyl (C=O) groups is 1. The van der Waals surface area contributed by atoms with Gasteiger partial charge in [-0.05, 0) is 24.5 Å². The first-order valence-corrected chi connectivity index (χ1v) is 10.5. The Balaban J connectivity index is 1.56. The first-order valence-electron chi connectivity index (χ1n) is 10.5. The molecule has 2 aromatic heterocycles. The van der Waals surface area contributed by atoms with Gasteiger partial charge < -0.3 is 14.0 Å². The number of hydrogen-bond acceptors (Lipinski definition) is 7. The normalized spacial score (nSPS) is 14.9. The number of methoxy groups -OCH3 is 2. The fourth-order valence-corrected chi connectivity index (χ4v) is 3.91. The summed E-state index contributed by atoms with van der Waals surface area (Å²) in [4.78, 5) is 15.8. The molecule has 2 heterocycles. The van der Waals surface area contributed by atoms with E-state index in [4.69, 9.17) is 9.26 Å². The van der Waals surface area contributed by atoms with Crippen molar-refractivity contribution in [3.05, 3.63) is 47.8 Å². The van der Waals surface area contributed by atoms with E-state index in [2.05, 4.69) is 24.7 Å². The summed E-state index contributed by atoms with van der Waals surface area (Å²) < 4.78 is 17.7. The minimum atomic E-state index is -0.396. The molecule has 8 heteroatoms. The largest absolute Gasteiger partial charge is 0.466 e. The van der Waals surface area contributed by atoms with Gasteiger partial charge in [0.15, 0.2) is 0 Å². The molecule has 1 aromatic carbocycles. The number of ether oxygens (including phenoxy) is 2. The third kappa shape index (κ3) is 4.74. The number of benzene rings is 1. The van der Waals surface area contributed by atoms with Crippen molar-refractivity contribution in [3.63, 3.8) is 0 Å². The number of rotatable bonds is 7. The number of nitrogens with zero attached hydrogens (tertiary/aromatic N) is 4. The summed E-state index contributed by atoms with van der Waals surface area (Å²) >= 11 is 0. The molecule has 8 nitrogen and oxygen atoms in total. The fourth-order valence-electron chi connectivity index (χ4n) is 3.91. The van der Waals surface area contributed by atoms with Crippen LogP contribution in [0.2, 0.25) is 0 Å². The molecule has 0 radical (unpaired) electrons. The van der Waals surface area contributed by atoms with E-state index in [0.717, 1.165) is 35.2 Å². The van der Waals surface area contributed by atoms with E-state index in [1.165, 1.54) is 32.4 Å². The van der Waals surface area contributed by atoms with Crippen molar-refractivity contribution in [2.75, 3.05) is 14.2 Å². The van der Waals surface area contributed by atoms with Crippen LogP contribution in [0.1, 0.15) is 49.4 Å². The monoisotopic (exact) mass is 422 g/mol. The minimum absolute atomic E-state index is 0.389. The second-order valence-corrected chi connectivity index (χ2v) is 7.58. The highest BCUT2D eigenvalue weighted by molar-refractivity contribution is 5.87.